The first-order valence-corrected chi connectivity index (χ1v) is 5.78. The molecule has 2 atom stereocenters. The zero-order valence-electron chi connectivity index (χ0n) is 9.63. The van der Waals surface area contributed by atoms with Crippen LogP contribution in [0.25, 0.3) is 0 Å². The number of likely N-dealkylation sites (N-methyl/N-ethyl adjacent to an activating group) is 1. The lowest BCUT2D eigenvalue weighted by Gasteiger charge is -2.44. The van der Waals surface area contributed by atoms with E-state index in [0.717, 1.165) is 18.5 Å². The van der Waals surface area contributed by atoms with E-state index in [2.05, 4.69) is 0 Å². The van der Waals surface area contributed by atoms with Crippen molar-refractivity contribution in [1.82, 2.24) is 4.90 Å². The number of hydrogen-bond donors (Lipinski definition) is 2. The molecule has 1 fully saturated rings. The van der Waals surface area contributed by atoms with E-state index in [1.54, 1.807) is 0 Å². The Kier molecular flexibility index (Phi) is 3.28. The molecular weight excluding hydrogens is 202 g/mol. The van der Waals surface area contributed by atoms with Crippen molar-refractivity contribution in [2.75, 3.05) is 13.6 Å². The quantitative estimate of drug-likeness (QED) is 0.783. The lowest BCUT2D eigenvalue weighted by molar-refractivity contribution is -0.189. The minimum absolute atomic E-state index is 0.478. The molecule has 3 heteroatoms. The second kappa shape index (κ2) is 4.53. The predicted octanol–water partition coefficient (Wildman–Crippen LogP) is 1.00. The molecule has 0 aliphatic carbocycles. The van der Waals surface area contributed by atoms with Crippen molar-refractivity contribution in [3.8, 4) is 0 Å². The van der Waals surface area contributed by atoms with E-state index in [4.69, 9.17) is 0 Å². The van der Waals surface area contributed by atoms with Crippen LogP contribution in [-0.2, 0) is 6.42 Å². The molecule has 0 aromatic heterocycles. The topological polar surface area (TPSA) is 43.7 Å². The Morgan fingerprint density at radius 2 is 2.06 bits per heavy atom. The summed E-state index contributed by atoms with van der Waals surface area (Å²) in [5, 5.41) is 20.5. The van der Waals surface area contributed by atoms with Crippen LogP contribution in [0.1, 0.15) is 18.4 Å². The average Bonchev–Trinajstić information content (AvgIpc) is 2.28. The Balaban J connectivity index is 2.17. The predicted molar refractivity (Wildman–Crippen MR) is 63.0 cm³/mol. The van der Waals surface area contributed by atoms with Gasteiger partial charge in [-0.15, -0.1) is 0 Å². The average molecular weight is 221 g/mol. The highest BCUT2D eigenvalue weighted by molar-refractivity contribution is 5.17. The van der Waals surface area contributed by atoms with E-state index >= 15 is 0 Å². The lowest BCUT2D eigenvalue weighted by Crippen LogP contribution is -2.59. The van der Waals surface area contributed by atoms with Gasteiger partial charge >= 0.3 is 0 Å². The van der Waals surface area contributed by atoms with Gasteiger partial charge in [0.05, 0.1) is 6.10 Å². The van der Waals surface area contributed by atoms with Crippen molar-refractivity contribution in [2.45, 2.75) is 31.1 Å². The summed E-state index contributed by atoms with van der Waals surface area (Å²) < 4.78 is 0. The highest BCUT2D eigenvalue weighted by atomic mass is 16.4. The van der Waals surface area contributed by atoms with Crippen molar-refractivity contribution >= 4 is 0 Å². The number of aliphatic hydroxyl groups is 2. The number of aliphatic hydroxyl groups excluding tert-OH is 1. The third-order valence-corrected chi connectivity index (χ3v) is 3.47. The summed E-state index contributed by atoms with van der Waals surface area (Å²) in [5.41, 5.74) is -0.0580. The van der Waals surface area contributed by atoms with E-state index in [1.165, 1.54) is 0 Å². The minimum atomic E-state index is -1.11. The molecule has 2 unspecified atom stereocenters. The third kappa shape index (κ3) is 2.12. The molecule has 16 heavy (non-hydrogen) atoms. The Bertz CT molecular complexity index is 329. The smallest absolute Gasteiger partial charge is 0.148 e. The molecule has 88 valence electrons. The van der Waals surface area contributed by atoms with E-state index < -0.39 is 11.8 Å². The van der Waals surface area contributed by atoms with Gasteiger partial charge in [0.1, 0.15) is 5.72 Å². The summed E-state index contributed by atoms with van der Waals surface area (Å²) >= 11 is 0. The summed E-state index contributed by atoms with van der Waals surface area (Å²) in [6.45, 7) is 0.834. The first kappa shape index (κ1) is 11.6. The first-order chi connectivity index (χ1) is 7.63. The number of benzene rings is 1. The van der Waals surface area contributed by atoms with E-state index in [0.29, 0.717) is 12.8 Å². The third-order valence-electron chi connectivity index (χ3n) is 3.47. The SMILES string of the molecule is CN1CCCC(O)C1(O)Cc1ccccc1. The van der Waals surface area contributed by atoms with Crippen LogP contribution in [0.3, 0.4) is 0 Å². The molecule has 0 saturated carbocycles. The molecule has 1 aromatic rings. The maximum absolute atomic E-state index is 10.5. The van der Waals surface area contributed by atoms with Gasteiger partial charge in [-0.25, -0.2) is 0 Å². The van der Waals surface area contributed by atoms with Crippen LogP contribution in [-0.4, -0.2) is 40.5 Å². The van der Waals surface area contributed by atoms with Crippen molar-refractivity contribution in [2.24, 2.45) is 0 Å². The summed E-state index contributed by atoms with van der Waals surface area (Å²) in [5.74, 6) is 0. The number of hydrogen-bond acceptors (Lipinski definition) is 3. The monoisotopic (exact) mass is 221 g/mol. The second-order valence-electron chi connectivity index (χ2n) is 4.62. The fourth-order valence-electron chi connectivity index (χ4n) is 2.35. The number of nitrogens with zero attached hydrogens (tertiary/aromatic N) is 1. The van der Waals surface area contributed by atoms with Gasteiger partial charge in [-0.05, 0) is 25.5 Å². The molecule has 2 rings (SSSR count). The molecule has 1 aromatic carbocycles. The Morgan fingerprint density at radius 1 is 1.38 bits per heavy atom. The van der Waals surface area contributed by atoms with Gasteiger partial charge < -0.3 is 10.2 Å². The minimum Gasteiger partial charge on any atom is -0.389 e. The van der Waals surface area contributed by atoms with E-state index in [1.807, 2.05) is 42.3 Å². The second-order valence-corrected chi connectivity index (χ2v) is 4.62. The van der Waals surface area contributed by atoms with Crippen molar-refractivity contribution in [3.05, 3.63) is 35.9 Å². The molecule has 1 saturated heterocycles. The van der Waals surface area contributed by atoms with Gasteiger partial charge in [-0.3, -0.25) is 4.90 Å². The molecule has 0 spiro atoms. The zero-order valence-corrected chi connectivity index (χ0v) is 9.63. The standard InChI is InChI=1S/C13H19NO2/c1-14-9-5-8-12(15)13(14,16)10-11-6-3-2-4-7-11/h2-4,6-7,12,15-16H,5,8-10H2,1H3. The van der Waals surface area contributed by atoms with Gasteiger partial charge in [0, 0.05) is 13.0 Å². The first-order valence-electron chi connectivity index (χ1n) is 5.78. The van der Waals surface area contributed by atoms with Crippen LogP contribution in [0.5, 0.6) is 0 Å². The maximum atomic E-state index is 10.5. The van der Waals surface area contributed by atoms with Crippen molar-refractivity contribution in [1.29, 1.82) is 0 Å². The Labute approximate surface area is 96.3 Å². The number of piperidine rings is 1. The fraction of sp³-hybridized carbons (Fsp3) is 0.538. The number of rotatable bonds is 2. The molecule has 0 bridgehead atoms. The summed E-state index contributed by atoms with van der Waals surface area (Å²) in [6.07, 6.45) is 1.43. The Hall–Kier alpha value is -0.900. The van der Waals surface area contributed by atoms with E-state index in [9.17, 15) is 10.2 Å². The van der Waals surface area contributed by atoms with Gasteiger partial charge in [0.25, 0.3) is 0 Å². The summed E-state index contributed by atoms with van der Waals surface area (Å²) in [6, 6.07) is 9.82. The van der Waals surface area contributed by atoms with Gasteiger partial charge in [-0.1, -0.05) is 30.3 Å². The fourth-order valence-corrected chi connectivity index (χ4v) is 2.35. The highest BCUT2D eigenvalue weighted by Crippen LogP contribution is 2.28. The normalized spacial score (nSPS) is 31.6. The molecule has 3 nitrogen and oxygen atoms in total. The molecule has 0 radical (unpaired) electrons. The van der Waals surface area contributed by atoms with Crippen LogP contribution in [0, 0.1) is 0 Å². The van der Waals surface area contributed by atoms with Crippen LogP contribution in [0.15, 0.2) is 30.3 Å². The van der Waals surface area contributed by atoms with Gasteiger partial charge in [0.2, 0.25) is 0 Å². The highest BCUT2D eigenvalue weighted by Gasteiger charge is 2.41. The summed E-state index contributed by atoms with van der Waals surface area (Å²) in [7, 11) is 1.87. The molecule has 2 N–H and O–H groups in total. The maximum Gasteiger partial charge on any atom is 0.148 e. The molecule has 1 aliphatic rings. The molecule has 0 amide bonds. The molecular formula is C13H19NO2. The van der Waals surface area contributed by atoms with Crippen LogP contribution < -0.4 is 0 Å². The lowest BCUT2D eigenvalue weighted by atomic mass is 9.89. The largest absolute Gasteiger partial charge is 0.389 e. The number of likely N-dealkylation sites (tertiary alicyclic amines) is 1. The molecule has 1 aliphatic heterocycles. The Morgan fingerprint density at radius 3 is 2.69 bits per heavy atom. The zero-order chi connectivity index (χ0) is 11.6. The van der Waals surface area contributed by atoms with E-state index in [-0.39, 0.29) is 0 Å². The van der Waals surface area contributed by atoms with Crippen LogP contribution in [0.4, 0.5) is 0 Å². The van der Waals surface area contributed by atoms with Crippen molar-refractivity contribution < 1.29 is 10.2 Å². The van der Waals surface area contributed by atoms with Crippen molar-refractivity contribution in [3.63, 3.8) is 0 Å². The van der Waals surface area contributed by atoms with Crippen LogP contribution in [0.2, 0.25) is 0 Å². The molecule has 1 heterocycles. The van der Waals surface area contributed by atoms with Crippen LogP contribution >= 0.6 is 0 Å². The van der Waals surface area contributed by atoms with Gasteiger partial charge in [-0.2, -0.15) is 0 Å². The van der Waals surface area contributed by atoms with Gasteiger partial charge in [0.15, 0.2) is 0 Å². The summed E-state index contributed by atoms with van der Waals surface area (Å²) in [4.78, 5) is 1.86.